The summed E-state index contributed by atoms with van der Waals surface area (Å²) in [4.78, 5) is 30.8. The van der Waals surface area contributed by atoms with Gasteiger partial charge in [0.25, 0.3) is 0 Å². The van der Waals surface area contributed by atoms with Gasteiger partial charge in [-0.2, -0.15) is 5.10 Å². The van der Waals surface area contributed by atoms with E-state index in [0.717, 1.165) is 42.0 Å². The number of anilines is 1. The standard InChI is InChI=1S/C24H30ClN7O/c1-15(2)23-27-20(29-30-23)12-21(33)32-11-5-6-17(14-32)22-19(13-26-24(28-22)31(3)4)16-7-9-18(25)10-8-16/h7-10,13,15,17H,5-6,11-12,14H2,1-4H3,(H,27,29,30)/t17-/m0/s1. The van der Waals surface area contributed by atoms with E-state index in [-0.39, 0.29) is 24.2 Å². The molecule has 0 spiro atoms. The molecule has 0 bridgehead atoms. The van der Waals surface area contributed by atoms with Gasteiger partial charge in [0.15, 0.2) is 5.82 Å². The highest BCUT2D eigenvalue weighted by Gasteiger charge is 2.29. The van der Waals surface area contributed by atoms with Crippen LogP contribution in [0.25, 0.3) is 11.1 Å². The maximum Gasteiger partial charge on any atom is 0.230 e. The lowest BCUT2D eigenvalue weighted by Gasteiger charge is -2.33. The molecule has 1 aliphatic heterocycles. The molecule has 9 heteroatoms. The van der Waals surface area contributed by atoms with Crippen LogP contribution in [0.5, 0.6) is 0 Å². The number of carbonyl (C=O) groups is 1. The number of rotatable bonds is 6. The van der Waals surface area contributed by atoms with E-state index in [1.807, 2.05) is 68.2 Å². The van der Waals surface area contributed by atoms with Gasteiger partial charge < -0.3 is 9.80 Å². The van der Waals surface area contributed by atoms with Crippen LogP contribution in [0.2, 0.25) is 5.02 Å². The molecule has 33 heavy (non-hydrogen) atoms. The lowest BCUT2D eigenvalue weighted by atomic mass is 9.89. The Balaban J connectivity index is 1.58. The van der Waals surface area contributed by atoms with Crippen molar-refractivity contribution in [3.05, 3.63) is 52.8 Å². The highest BCUT2D eigenvalue weighted by atomic mass is 35.5. The maximum atomic E-state index is 13.1. The normalized spacial score (nSPS) is 16.3. The fourth-order valence-electron chi connectivity index (χ4n) is 4.09. The second-order valence-electron chi connectivity index (χ2n) is 9.02. The van der Waals surface area contributed by atoms with Crippen LogP contribution in [0, 0.1) is 0 Å². The number of carbonyl (C=O) groups excluding carboxylic acids is 1. The number of likely N-dealkylation sites (tertiary alicyclic amines) is 1. The zero-order chi connectivity index (χ0) is 23.5. The third-order valence-electron chi connectivity index (χ3n) is 5.91. The molecule has 0 radical (unpaired) electrons. The van der Waals surface area contributed by atoms with E-state index in [1.54, 1.807) is 0 Å². The largest absolute Gasteiger partial charge is 0.347 e. The van der Waals surface area contributed by atoms with Gasteiger partial charge in [-0.15, -0.1) is 0 Å². The van der Waals surface area contributed by atoms with E-state index in [9.17, 15) is 4.79 Å². The monoisotopic (exact) mass is 467 g/mol. The van der Waals surface area contributed by atoms with Gasteiger partial charge in [0.05, 0.1) is 12.1 Å². The van der Waals surface area contributed by atoms with Gasteiger partial charge >= 0.3 is 0 Å². The molecule has 1 saturated heterocycles. The van der Waals surface area contributed by atoms with E-state index in [4.69, 9.17) is 16.6 Å². The first-order valence-electron chi connectivity index (χ1n) is 11.3. The van der Waals surface area contributed by atoms with Crippen molar-refractivity contribution in [2.75, 3.05) is 32.1 Å². The molecule has 2 aromatic heterocycles. The summed E-state index contributed by atoms with van der Waals surface area (Å²) in [5.41, 5.74) is 2.97. The molecule has 3 heterocycles. The van der Waals surface area contributed by atoms with Crippen molar-refractivity contribution >= 4 is 23.5 Å². The van der Waals surface area contributed by atoms with Crippen LogP contribution in [-0.2, 0) is 11.2 Å². The fraction of sp³-hybridized carbons (Fsp3) is 0.458. The number of piperidine rings is 1. The summed E-state index contributed by atoms with van der Waals surface area (Å²) in [6.07, 6.45) is 3.99. The number of H-pyrrole nitrogens is 1. The quantitative estimate of drug-likeness (QED) is 0.588. The molecular formula is C24H30ClN7O. The Bertz CT molecular complexity index is 1110. The predicted molar refractivity (Wildman–Crippen MR) is 130 cm³/mol. The first-order valence-corrected chi connectivity index (χ1v) is 11.7. The number of amides is 1. The number of nitrogens with zero attached hydrogens (tertiary/aromatic N) is 6. The maximum absolute atomic E-state index is 13.1. The summed E-state index contributed by atoms with van der Waals surface area (Å²) >= 11 is 6.10. The van der Waals surface area contributed by atoms with E-state index in [1.165, 1.54) is 0 Å². The van der Waals surface area contributed by atoms with Gasteiger partial charge in [0.1, 0.15) is 5.82 Å². The van der Waals surface area contributed by atoms with Crippen molar-refractivity contribution in [3.8, 4) is 11.1 Å². The summed E-state index contributed by atoms with van der Waals surface area (Å²) in [6, 6.07) is 7.73. The second-order valence-corrected chi connectivity index (χ2v) is 9.46. The van der Waals surface area contributed by atoms with Gasteiger partial charge in [-0.1, -0.05) is 37.6 Å². The molecular weight excluding hydrogens is 438 g/mol. The zero-order valence-corrected chi connectivity index (χ0v) is 20.3. The molecule has 1 aromatic carbocycles. The van der Waals surface area contributed by atoms with Gasteiger partial charge in [-0.3, -0.25) is 9.89 Å². The van der Waals surface area contributed by atoms with Crippen molar-refractivity contribution in [1.29, 1.82) is 0 Å². The summed E-state index contributed by atoms with van der Waals surface area (Å²) in [5, 5.41) is 7.81. The predicted octanol–water partition coefficient (Wildman–Crippen LogP) is 4.05. The van der Waals surface area contributed by atoms with Gasteiger partial charge in [0, 0.05) is 55.8 Å². The highest BCUT2D eigenvalue weighted by Crippen LogP contribution is 2.34. The van der Waals surface area contributed by atoms with Crippen LogP contribution >= 0.6 is 11.6 Å². The lowest BCUT2D eigenvalue weighted by Crippen LogP contribution is -2.40. The number of hydrogen-bond donors (Lipinski definition) is 1. The second kappa shape index (κ2) is 9.87. The molecule has 0 unspecified atom stereocenters. The number of halogens is 1. The third-order valence-corrected chi connectivity index (χ3v) is 6.16. The molecule has 4 rings (SSSR count). The molecule has 1 N–H and O–H groups in total. The van der Waals surface area contributed by atoms with Gasteiger partial charge in [-0.25, -0.2) is 15.0 Å². The summed E-state index contributed by atoms with van der Waals surface area (Å²) in [5.74, 6) is 2.41. The van der Waals surface area contributed by atoms with Crippen LogP contribution in [0.4, 0.5) is 5.95 Å². The summed E-state index contributed by atoms with van der Waals surface area (Å²) < 4.78 is 0. The molecule has 1 atom stereocenters. The SMILES string of the molecule is CC(C)c1n[nH]c(CC(=O)N2CCC[C@H](c3nc(N(C)C)ncc3-c3ccc(Cl)cc3)C2)n1. The van der Waals surface area contributed by atoms with Crippen molar-refractivity contribution in [2.45, 2.75) is 44.9 Å². The van der Waals surface area contributed by atoms with Crippen LogP contribution in [-0.4, -0.2) is 63.1 Å². The molecule has 0 saturated carbocycles. The molecule has 1 aliphatic rings. The average Bonchev–Trinajstić information content (AvgIpc) is 3.28. The van der Waals surface area contributed by atoms with E-state index >= 15 is 0 Å². The minimum atomic E-state index is 0.0566. The van der Waals surface area contributed by atoms with Crippen molar-refractivity contribution in [1.82, 2.24) is 30.0 Å². The fourth-order valence-corrected chi connectivity index (χ4v) is 4.22. The Labute approximate surface area is 199 Å². The molecule has 3 aromatic rings. The molecule has 174 valence electrons. The summed E-state index contributed by atoms with van der Waals surface area (Å²) in [7, 11) is 3.86. The Morgan fingerprint density at radius 3 is 2.67 bits per heavy atom. The van der Waals surface area contributed by atoms with E-state index < -0.39 is 0 Å². The number of hydrogen-bond acceptors (Lipinski definition) is 6. The van der Waals surface area contributed by atoms with Crippen LogP contribution in [0.3, 0.4) is 0 Å². The average molecular weight is 468 g/mol. The van der Waals surface area contributed by atoms with E-state index in [0.29, 0.717) is 23.3 Å². The number of nitrogens with one attached hydrogen (secondary N) is 1. The third kappa shape index (κ3) is 5.33. The molecule has 1 fully saturated rings. The van der Waals surface area contributed by atoms with Crippen molar-refractivity contribution in [3.63, 3.8) is 0 Å². The van der Waals surface area contributed by atoms with Gasteiger partial charge in [-0.05, 0) is 30.5 Å². The first-order chi connectivity index (χ1) is 15.8. The van der Waals surface area contributed by atoms with Crippen molar-refractivity contribution in [2.24, 2.45) is 0 Å². The van der Waals surface area contributed by atoms with Crippen molar-refractivity contribution < 1.29 is 4.79 Å². The molecule has 1 amide bonds. The Kier molecular flexibility index (Phi) is 6.93. The summed E-state index contributed by atoms with van der Waals surface area (Å²) in [6.45, 7) is 5.43. The minimum absolute atomic E-state index is 0.0566. The van der Waals surface area contributed by atoms with Gasteiger partial charge in [0.2, 0.25) is 11.9 Å². The number of aromatic amines is 1. The lowest BCUT2D eigenvalue weighted by molar-refractivity contribution is -0.131. The highest BCUT2D eigenvalue weighted by molar-refractivity contribution is 6.30. The smallest absolute Gasteiger partial charge is 0.230 e. The zero-order valence-electron chi connectivity index (χ0n) is 19.5. The first kappa shape index (κ1) is 23.2. The minimum Gasteiger partial charge on any atom is -0.347 e. The van der Waals surface area contributed by atoms with Crippen LogP contribution in [0.15, 0.2) is 30.5 Å². The van der Waals surface area contributed by atoms with Crippen LogP contribution < -0.4 is 4.90 Å². The molecule has 0 aliphatic carbocycles. The Hall–Kier alpha value is -3.00. The topological polar surface area (TPSA) is 90.9 Å². The van der Waals surface area contributed by atoms with E-state index in [2.05, 4.69) is 20.2 Å². The number of aromatic nitrogens is 5. The molecule has 8 nitrogen and oxygen atoms in total. The Morgan fingerprint density at radius 1 is 1.24 bits per heavy atom. The Morgan fingerprint density at radius 2 is 2.00 bits per heavy atom. The van der Waals surface area contributed by atoms with Crippen LogP contribution in [0.1, 0.15) is 55.9 Å². The number of benzene rings is 1.